The van der Waals surface area contributed by atoms with Crippen molar-refractivity contribution in [3.63, 3.8) is 0 Å². The minimum Gasteiger partial charge on any atom is -0.508 e. The lowest BCUT2D eigenvalue weighted by Crippen LogP contribution is -2.30. The molecule has 0 saturated carbocycles. The second-order valence-corrected chi connectivity index (χ2v) is 8.25. The van der Waals surface area contributed by atoms with E-state index < -0.39 is 10.0 Å². The number of amides is 2. The van der Waals surface area contributed by atoms with Crippen LogP contribution >= 0.6 is 0 Å². The van der Waals surface area contributed by atoms with Gasteiger partial charge in [-0.1, -0.05) is 18.2 Å². The molecule has 0 aliphatic heterocycles. The van der Waals surface area contributed by atoms with Crippen molar-refractivity contribution in [2.45, 2.75) is 24.2 Å². The summed E-state index contributed by atoms with van der Waals surface area (Å²) in [6.45, 7) is 0.828. The van der Waals surface area contributed by atoms with Crippen molar-refractivity contribution >= 4 is 21.8 Å². The van der Waals surface area contributed by atoms with Crippen molar-refractivity contribution < 1.29 is 23.1 Å². The van der Waals surface area contributed by atoms with E-state index in [1.807, 2.05) is 0 Å². The number of sulfonamides is 1. The minimum atomic E-state index is -3.46. The Morgan fingerprint density at radius 2 is 1.69 bits per heavy atom. The van der Waals surface area contributed by atoms with E-state index >= 15 is 0 Å². The van der Waals surface area contributed by atoms with Gasteiger partial charge in [-0.25, -0.2) is 13.1 Å². The first-order valence-corrected chi connectivity index (χ1v) is 10.7. The summed E-state index contributed by atoms with van der Waals surface area (Å²) in [4.78, 5) is 24.0. The Kier molecular flexibility index (Phi) is 8.17. The molecule has 156 valence electrons. The number of nitrogens with one attached hydrogen (secondary N) is 3. The van der Waals surface area contributed by atoms with Crippen molar-refractivity contribution in [1.29, 1.82) is 0 Å². The van der Waals surface area contributed by atoms with Crippen LogP contribution in [0.5, 0.6) is 5.75 Å². The molecule has 0 atom stereocenters. The van der Waals surface area contributed by atoms with Gasteiger partial charge in [-0.05, 0) is 55.8 Å². The Bertz CT molecular complexity index is 943. The maximum absolute atomic E-state index is 11.9. The molecular formula is C20H25N3O5S. The number of carbonyl (C=O) groups is 2. The van der Waals surface area contributed by atoms with Gasteiger partial charge in [0.15, 0.2) is 0 Å². The number of aromatic hydroxyl groups is 1. The van der Waals surface area contributed by atoms with Crippen molar-refractivity contribution in [3.05, 3.63) is 59.7 Å². The van der Waals surface area contributed by atoms with Gasteiger partial charge in [-0.2, -0.15) is 0 Å². The van der Waals surface area contributed by atoms with Crippen molar-refractivity contribution in [3.8, 4) is 5.75 Å². The Morgan fingerprint density at radius 1 is 1.00 bits per heavy atom. The quantitative estimate of drug-likeness (QED) is 0.430. The highest BCUT2D eigenvalue weighted by atomic mass is 32.2. The van der Waals surface area contributed by atoms with Crippen LogP contribution in [-0.2, 0) is 21.2 Å². The average molecular weight is 420 g/mol. The summed E-state index contributed by atoms with van der Waals surface area (Å²) in [7, 11) is -2.11. The van der Waals surface area contributed by atoms with Crippen LogP contribution in [0.25, 0.3) is 0 Å². The number of aryl methyl sites for hydroxylation is 1. The fourth-order valence-corrected chi connectivity index (χ4v) is 3.30. The molecule has 0 aliphatic rings. The number of phenols is 1. The Morgan fingerprint density at radius 3 is 2.34 bits per heavy atom. The summed E-state index contributed by atoms with van der Waals surface area (Å²) in [5, 5.41) is 14.9. The van der Waals surface area contributed by atoms with E-state index in [1.54, 1.807) is 24.3 Å². The first-order chi connectivity index (χ1) is 13.8. The largest absolute Gasteiger partial charge is 0.508 e. The molecule has 2 aromatic carbocycles. The number of hydrogen-bond acceptors (Lipinski definition) is 5. The van der Waals surface area contributed by atoms with Crippen LogP contribution in [0.3, 0.4) is 0 Å². The van der Waals surface area contributed by atoms with E-state index in [0.29, 0.717) is 31.5 Å². The average Bonchev–Trinajstić information content (AvgIpc) is 2.72. The number of phenolic OH excluding ortho intramolecular Hbond substituents is 1. The zero-order valence-corrected chi connectivity index (χ0v) is 17.0. The van der Waals surface area contributed by atoms with Gasteiger partial charge in [0.05, 0.1) is 4.90 Å². The van der Waals surface area contributed by atoms with Crippen LogP contribution in [0.1, 0.15) is 28.8 Å². The maximum atomic E-state index is 11.9. The third kappa shape index (κ3) is 7.20. The van der Waals surface area contributed by atoms with Crippen LogP contribution in [0, 0.1) is 0 Å². The fraction of sp³-hybridized carbons (Fsp3) is 0.300. The Labute approximate surface area is 170 Å². The zero-order valence-electron chi connectivity index (χ0n) is 16.1. The summed E-state index contributed by atoms with van der Waals surface area (Å²) in [6, 6.07) is 12.5. The van der Waals surface area contributed by atoms with Crippen LogP contribution in [0.2, 0.25) is 0 Å². The van der Waals surface area contributed by atoms with E-state index in [9.17, 15) is 23.1 Å². The van der Waals surface area contributed by atoms with E-state index in [0.717, 1.165) is 5.56 Å². The molecule has 8 nitrogen and oxygen atoms in total. The van der Waals surface area contributed by atoms with Gasteiger partial charge in [0.2, 0.25) is 15.9 Å². The minimum absolute atomic E-state index is 0.0307. The molecule has 2 aromatic rings. The third-order valence-corrected chi connectivity index (χ3v) is 5.64. The molecule has 0 radical (unpaired) electrons. The molecule has 0 bridgehead atoms. The molecule has 9 heteroatoms. The Hall–Kier alpha value is -2.91. The molecule has 2 rings (SSSR count). The summed E-state index contributed by atoms with van der Waals surface area (Å²) < 4.78 is 25.6. The monoisotopic (exact) mass is 419 g/mol. The van der Waals surface area contributed by atoms with Crippen LogP contribution in [0.15, 0.2) is 53.4 Å². The second-order valence-electron chi connectivity index (χ2n) is 6.36. The van der Waals surface area contributed by atoms with Gasteiger partial charge >= 0.3 is 0 Å². The predicted octanol–water partition coefficient (Wildman–Crippen LogP) is 1.17. The van der Waals surface area contributed by atoms with Crippen molar-refractivity contribution in [2.75, 3.05) is 20.1 Å². The van der Waals surface area contributed by atoms with Gasteiger partial charge in [0, 0.05) is 25.1 Å². The van der Waals surface area contributed by atoms with Crippen molar-refractivity contribution in [1.82, 2.24) is 15.4 Å². The Balaban J connectivity index is 1.64. The fourth-order valence-electron chi connectivity index (χ4n) is 2.57. The lowest BCUT2D eigenvalue weighted by Gasteiger charge is -2.08. The molecule has 2 amide bonds. The molecule has 0 aromatic heterocycles. The van der Waals surface area contributed by atoms with Gasteiger partial charge in [-0.15, -0.1) is 0 Å². The summed E-state index contributed by atoms with van der Waals surface area (Å²) in [5.41, 5.74) is 1.25. The first kappa shape index (κ1) is 22.4. The van der Waals surface area contributed by atoms with E-state index in [1.165, 1.54) is 31.3 Å². The number of rotatable bonds is 10. The predicted molar refractivity (Wildman–Crippen MR) is 109 cm³/mol. The summed E-state index contributed by atoms with van der Waals surface area (Å²) >= 11 is 0. The lowest BCUT2D eigenvalue weighted by molar-refractivity contribution is -0.121. The number of hydrogen-bond donors (Lipinski definition) is 4. The van der Waals surface area contributed by atoms with E-state index in [4.69, 9.17) is 0 Å². The highest BCUT2D eigenvalue weighted by molar-refractivity contribution is 7.89. The first-order valence-electron chi connectivity index (χ1n) is 9.18. The molecule has 0 fully saturated rings. The van der Waals surface area contributed by atoms with Crippen LogP contribution < -0.4 is 15.4 Å². The SMILES string of the molecule is CNS(=O)(=O)c1ccc(CCC(=O)NCCCNC(=O)c2cccc(O)c2)cc1. The highest BCUT2D eigenvalue weighted by Gasteiger charge is 2.11. The molecule has 4 N–H and O–H groups in total. The zero-order chi connectivity index (χ0) is 21.3. The maximum Gasteiger partial charge on any atom is 0.251 e. The number of benzene rings is 2. The van der Waals surface area contributed by atoms with E-state index in [-0.39, 0.29) is 28.9 Å². The standard InChI is InChI=1S/C20H25N3O5S/c1-21-29(27,28)18-9-6-15(7-10-18)8-11-19(25)22-12-3-13-23-20(26)16-4-2-5-17(24)14-16/h2,4-7,9-10,14,21,24H,3,8,11-13H2,1H3,(H,22,25)(H,23,26). The summed E-state index contributed by atoms with van der Waals surface area (Å²) in [6.07, 6.45) is 1.36. The molecule has 0 unspecified atom stereocenters. The lowest BCUT2D eigenvalue weighted by atomic mass is 10.1. The highest BCUT2D eigenvalue weighted by Crippen LogP contribution is 2.12. The van der Waals surface area contributed by atoms with Gasteiger partial charge in [0.25, 0.3) is 5.91 Å². The summed E-state index contributed by atoms with van der Waals surface area (Å²) in [5.74, 6) is -0.365. The van der Waals surface area contributed by atoms with Crippen molar-refractivity contribution in [2.24, 2.45) is 0 Å². The normalized spacial score (nSPS) is 11.1. The molecule has 0 spiro atoms. The number of carbonyl (C=O) groups excluding carboxylic acids is 2. The van der Waals surface area contributed by atoms with Gasteiger partial charge < -0.3 is 15.7 Å². The molecule has 29 heavy (non-hydrogen) atoms. The van der Waals surface area contributed by atoms with Crippen LogP contribution in [0.4, 0.5) is 0 Å². The smallest absolute Gasteiger partial charge is 0.251 e. The molecule has 0 saturated heterocycles. The van der Waals surface area contributed by atoms with E-state index in [2.05, 4.69) is 15.4 Å². The second kappa shape index (κ2) is 10.6. The molecular weight excluding hydrogens is 394 g/mol. The third-order valence-electron chi connectivity index (χ3n) is 4.21. The molecule has 0 heterocycles. The van der Waals surface area contributed by atoms with Crippen LogP contribution in [-0.4, -0.2) is 45.5 Å². The van der Waals surface area contributed by atoms with Gasteiger partial charge in [-0.3, -0.25) is 9.59 Å². The molecule has 0 aliphatic carbocycles. The topological polar surface area (TPSA) is 125 Å². The van der Waals surface area contributed by atoms with Gasteiger partial charge in [0.1, 0.15) is 5.75 Å².